The van der Waals surface area contributed by atoms with E-state index in [1.807, 2.05) is 29.7 Å². The van der Waals surface area contributed by atoms with Gasteiger partial charge in [0, 0.05) is 44.9 Å². The minimum Gasteiger partial charge on any atom is -0.487 e. The Hall–Kier alpha value is -5.39. The SMILES string of the molecule is CCC(F)C(F)(F)COc1ccc(C(=O)c2cc3c4cc(C(=O)c5ccccc5OCC(F)(F)C(F)F)ccc4n(CC)c3c3ccccc23)cc1. The van der Waals surface area contributed by atoms with Crippen LogP contribution in [0.15, 0.2) is 97.1 Å². The van der Waals surface area contributed by atoms with Gasteiger partial charge in [-0.15, -0.1) is 0 Å². The zero-order valence-electron chi connectivity index (χ0n) is 27.9. The molecule has 1 aromatic heterocycles. The lowest BCUT2D eigenvalue weighted by Crippen LogP contribution is -2.36. The normalized spacial score (nSPS) is 12.9. The molecule has 0 fully saturated rings. The van der Waals surface area contributed by atoms with Gasteiger partial charge in [-0.1, -0.05) is 43.3 Å². The van der Waals surface area contributed by atoms with E-state index in [2.05, 4.69) is 0 Å². The van der Waals surface area contributed by atoms with Gasteiger partial charge in [0.2, 0.25) is 0 Å². The van der Waals surface area contributed by atoms with E-state index in [0.29, 0.717) is 28.3 Å². The number of para-hydroxylation sites is 1. The Balaban J connectivity index is 1.40. The van der Waals surface area contributed by atoms with Gasteiger partial charge in [0.25, 0.3) is 0 Å². The molecule has 0 spiro atoms. The molecule has 0 saturated carbocycles. The van der Waals surface area contributed by atoms with Gasteiger partial charge in [0.05, 0.1) is 11.1 Å². The Morgan fingerprint density at radius 3 is 1.94 bits per heavy atom. The van der Waals surface area contributed by atoms with Crippen LogP contribution in [-0.4, -0.2) is 53.8 Å². The monoisotopic (exact) mass is 723 g/mol. The number of rotatable bonds is 14. The Kier molecular flexibility index (Phi) is 10.0. The summed E-state index contributed by atoms with van der Waals surface area (Å²) in [6, 6.07) is 25.1. The number of carbonyl (C=O) groups excluding carboxylic acids is 2. The zero-order chi connectivity index (χ0) is 37.4. The largest absolute Gasteiger partial charge is 0.487 e. The number of nitrogens with zero attached hydrogens (tertiary/aromatic N) is 1. The van der Waals surface area contributed by atoms with E-state index >= 15 is 0 Å². The van der Waals surface area contributed by atoms with Crippen LogP contribution in [0.3, 0.4) is 0 Å². The first-order valence-corrected chi connectivity index (χ1v) is 16.5. The molecular formula is C40H32F7NO4. The first-order valence-electron chi connectivity index (χ1n) is 16.5. The molecule has 0 amide bonds. The Morgan fingerprint density at radius 2 is 1.27 bits per heavy atom. The van der Waals surface area contributed by atoms with E-state index in [-0.39, 0.29) is 40.4 Å². The fourth-order valence-electron chi connectivity index (χ4n) is 6.22. The van der Waals surface area contributed by atoms with Crippen LogP contribution in [0.2, 0.25) is 0 Å². The van der Waals surface area contributed by atoms with Crippen LogP contribution < -0.4 is 9.47 Å². The molecular weight excluding hydrogens is 691 g/mol. The third kappa shape index (κ3) is 6.81. The van der Waals surface area contributed by atoms with E-state index in [1.165, 1.54) is 55.5 Å². The van der Waals surface area contributed by atoms with Gasteiger partial charge in [-0.05, 0) is 79.4 Å². The van der Waals surface area contributed by atoms with Crippen molar-refractivity contribution in [2.45, 2.75) is 51.3 Å². The first-order chi connectivity index (χ1) is 24.8. The predicted molar refractivity (Wildman–Crippen MR) is 184 cm³/mol. The second-order valence-electron chi connectivity index (χ2n) is 12.3. The zero-order valence-corrected chi connectivity index (χ0v) is 27.9. The highest BCUT2D eigenvalue weighted by Crippen LogP contribution is 2.38. The number of ether oxygens (including phenoxy) is 2. The summed E-state index contributed by atoms with van der Waals surface area (Å²) >= 11 is 0. The minimum atomic E-state index is -4.42. The van der Waals surface area contributed by atoms with Crippen LogP contribution in [-0.2, 0) is 6.54 Å². The summed E-state index contributed by atoms with van der Waals surface area (Å²) < 4.78 is 107. The third-order valence-electron chi connectivity index (χ3n) is 8.92. The highest BCUT2D eigenvalue weighted by Gasteiger charge is 2.42. The topological polar surface area (TPSA) is 57.5 Å². The van der Waals surface area contributed by atoms with Crippen molar-refractivity contribution in [3.8, 4) is 11.5 Å². The predicted octanol–water partition coefficient (Wildman–Crippen LogP) is 10.5. The summed E-state index contributed by atoms with van der Waals surface area (Å²) in [5.41, 5.74) is 2.19. The van der Waals surface area contributed by atoms with E-state index in [0.717, 1.165) is 16.4 Å². The number of halogens is 7. The number of aryl methyl sites for hydroxylation is 1. The number of aromatic nitrogens is 1. The molecule has 1 heterocycles. The molecule has 1 atom stereocenters. The van der Waals surface area contributed by atoms with Crippen molar-refractivity contribution in [3.63, 3.8) is 0 Å². The summed E-state index contributed by atoms with van der Waals surface area (Å²) in [5.74, 6) is -9.30. The van der Waals surface area contributed by atoms with Gasteiger partial charge < -0.3 is 14.0 Å². The van der Waals surface area contributed by atoms with Crippen molar-refractivity contribution >= 4 is 44.1 Å². The molecule has 0 radical (unpaired) electrons. The lowest BCUT2D eigenvalue weighted by molar-refractivity contribution is -0.148. The molecule has 270 valence electrons. The van der Waals surface area contributed by atoms with Gasteiger partial charge in [-0.3, -0.25) is 9.59 Å². The van der Waals surface area contributed by atoms with Crippen molar-refractivity contribution in [1.82, 2.24) is 4.57 Å². The number of carbonyl (C=O) groups is 2. The molecule has 0 bridgehead atoms. The van der Waals surface area contributed by atoms with E-state index < -0.39 is 43.4 Å². The standard InChI is InChI=1S/C40H32F7NO4/c1-3-34(41)39(44,45)21-51-25-16-13-23(14-17-25)36(49)31-20-30-29-19-24(15-18-32(29)48(4-2)35(30)27-10-6-5-9-26(27)31)37(50)28-11-7-8-12-33(28)52-22-40(46,47)38(42)43/h5-20,34,38H,3-4,21-22H2,1-2H3. The van der Waals surface area contributed by atoms with E-state index in [9.17, 15) is 40.3 Å². The molecule has 0 aliphatic rings. The maximum atomic E-state index is 14.1. The molecule has 52 heavy (non-hydrogen) atoms. The van der Waals surface area contributed by atoms with Crippen molar-refractivity contribution < 1.29 is 49.8 Å². The molecule has 5 aromatic carbocycles. The summed E-state index contributed by atoms with van der Waals surface area (Å²) in [4.78, 5) is 27.8. The Labute approximate surface area is 293 Å². The van der Waals surface area contributed by atoms with Gasteiger partial charge in [0.15, 0.2) is 31.0 Å². The lowest BCUT2D eigenvalue weighted by Gasteiger charge is -2.20. The average Bonchev–Trinajstić information content (AvgIpc) is 3.48. The summed E-state index contributed by atoms with van der Waals surface area (Å²) in [6.45, 7) is 1.01. The Bertz CT molecular complexity index is 2280. The number of hydrogen-bond acceptors (Lipinski definition) is 4. The number of ketones is 2. The van der Waals surface area contributed by atoms with E-state index in [1.54, 1.807) is 30.3 Å². The molecule has 6 rings (SSSR count). The molecule has 0 aliphatic carbocycles. The quantitative estimate of drug-likeness (QED) is 0.0829. The summed E-state index contributed by atoms with van der Waals surface area (Å²) in [7, 11) is 0. The minimum absolute atomic E-state index is 0.0396. The maximum Gasteiger partial charge on any atom is 0.340 e. The molecule has 6 aromatic rings. The van der Waals surface area contributed by atoms with Crippen LogP contribution >= 0.6 is 0 Å². The number of alkyl halides is 7. The third-order valence-corrected chi connectivity index (χ3v) is 8.92. The van der Waals surface area contributed by atoms with Crippen LogP contribution in [0, 0.1) is 0 Å². The highest BCUT2D eigenvalue weighted by molar-refractivity contribution is 6.26. The van der Waals surface area contributed by atoms with Gasteiger partial charge >= 0.3 is 18.3 Å². The van der Waals surface area contributed by atoms with Gasteiger partial charge in [-0.2, -0.15) is 17.6 Å². The molecule has 0 saturated heterocycles. The number of benzene rings is 5. The second-order valence-corrected chi connectivity index (χ2v) is 12.3. The first kappa shape index (κ1) is 36.4. The van der Waals surface area contributed by atoms with Crippen molar-refractivity contribution in [2.75, 3.05) is 13.2 Å². The molecule has 0 N–H and O–H groups in total. The van der Waals surface area contributed by atoms with Crippen LogP contribution in [0.5, 0.6) is 11.5 Å². The molecule has 5 nitrogen and oxygen atoms in total. The second kappa shape index (κ2) is 14.3. The Morgan fingerprint density at radius 1 is 0.654 bits per heavy atom. The van der Waals surface area contributed by atoms with Crippen molar-refractivity contribution in [3.05, 3.63) is 119 Å². The highest BCUT2D eigenvalue weighted by atomic mass is 19.3. The number of hydrogen-bond donors (Lipinski definition) is 0. The van der Waals surface area contributed by atoms with Crippen molar-refractivity contribution in [2.24, 2.45) is 0 Å². The van der Waals surface area contributed by atoms with Gasteiger partial charge in [0.1, 0.15) is 11.5 Å². The van der Waals surface area contributed by atoms with Crippen LogP contribution in [0.1, 0.15) is 52.1 Å². The summed E-state index contributed by atoms with van der Waals surface area (Å²) in [6.07, 6.45) is -6.66. The van der Waals surface area contributed by atoms with Crippen LogP contribution in [0.4, 0.5) is 30.7 Å². The fraction of sp³-hybridized carbons (Fsp3) is 0.250. The fourth-order valence-corrected chi connectivity index (χ4v) is 6.22. The number of fused-ring (bicyclic) bond motifs is 5. The smallest absolute Gasteiger partial charge is 0.340 e. The van der Waals surface area contributed by atoms with Crippen LogP contribution in [0.25, 0.3) is 32.6 Å². The van der Waals surface area contributed by atoms with Crippen molar-refractivity contribution in [1.29, 1.82) is 0 Å². The summed E-state index contributed by atoms with van der Waals surface area (Å²) in [5, 5.41) is 2.67. The average molecular weight is 724 g/mol. The van der Waals surface area contributed by atoms with Gasteiger partial charge in [-0.25, -0.2) is 13.2 Å². The maximum absolute atomic E-state index is 14.1. The molecule has 1 unspecified atom stereocenters. The lowest BCUT2D eigenvalue weighted by atomic mass is 9.94. The molecule has 12 heteroatoms. The molecule has 0 aliphatic heterocycles. The van der Waals surface area contributed by atoms with E-state index in [4.69, 9.17) is 9.47 Å².